The van der Waals surface area contributed by atoms with Crippen LogP contribution in [0.25, 0.3) is 0 Å². The van der Waals surface area contributed by atoms with E-state index in [4.69, 9.17) is 9.47 Å². The molecule has 34 heavy (non-hydrogen) atoms. The molecule has 0 saturated carbocycles. The van der Waals surface area contributed by atoms with Gasteiger partial charge in [-0.25, -0.2) is 0 Å². The molecule has 7 nitrogen and oxygen atoms in total. The molecule has 0 radical (unpaired) electrons. The van der Waals surface area contributed by atoms with Crippen LogP contribution in [-0.4, -0.2) is 66.0 Å². The van der Waals surface area contributed by atoms with Crippen LogP contribution in [-0.2, 0) is 22.6 Å². The van der Waals surface area contributed by atoms with Gasteiger partial charge in [-0.05, 0) is 41.8 Å². The number of carbonyl (C=O) groups is 2. The van der Waals surface area contributed by atoms with Crippen LogP contribution in [0.3, 0.4) is 0 Å². The Morgan fingerprint density at radius 1 is 1.00 bits per heavy atom. The molecule has 176 valence electrons. The van der Waals surface area contributed by atoms with Gasteiger partial charge in [0.1, 0.15) is 18.0 Å². The highest BCUT2D eigenvalue weighted by atomic mass is 16.5. The highest BCUT2D eigenvalue weighted by Crippen LogP contribution is 2.17. The van der Waals surface area contributed by atoms with E-state index >= 15 is 0 Å². The van der Waals surface area contributed by atoms with Crippen LogP contribution in [0.5, 0.6) is 5.75 Å². The van der Waals surface area contributed by atoms with Gasteiger partial charge in [-0.15, -0.1) is 0 Å². The topological polar surface area (TPSA) is 72.0 Å². The molecule has 0 unspecified atom stereocenters. The Labute approximate surface area is 199 Å². The zero-order valence-electron chi connectivity index (χ0n) is 19.3. The fourth-order valence-corrected chi connectivity index (χ4v) is 3.99. The van der Waals surface area contributed by atoms with Crippen LogP contribution in [0.2, 0.25) is 0 Å². The van der Waals surface area contributed by atoms with Crippen LogP contribution in [0, 0.1) is 0 Å². The van der Waals surface area contributed by atoms with Gasteiger partial charge in [-0.3, -0.25) is 14.6 Å². The zero-order valence-corrected chi connectivity index (χ0v) is 19.3. The van der Waals surface area contributed by atoms with E-state index in [1.807, 2.05) is 42.5 Å². The predicted molar refractivity (Wildman–Crippen MR) is 128 cm³/mol. The molecule has 2 amide bonds. The summed E-state index contributed by atoms with van der Waals surface area (Å²) in [6, 6.07) is 22.9. The van der Waals surface area contributed by atoms with Gasteiger partial charge in [0, 0.05) is 25.8 Å². The summed E-state index contributed by atoms with van der Waals surface area (Å²) >= 11 is 0. The average Bonchev–Trinajstić information content (AvgIpc) is 3.05. The van der Waals surface area contributed by atoms with Crippen molar-refractivity contribution >= 4 is 11.8 Å². The lowest BCUT2D eigenvalue weighted by Crippen LogP contribution is -2.40. The van der Waals surface area contributed by atoms with Crippen molar-refractivity contribution in [2.24, 2.45) is 0 Å². The summed E-state index contributed by atoms with van der Waals surface area (Å²) in [6.07, 6.45) is 1.99. The Morgan fingerprint density at radius 3 is 2.56 bits per heavy atom. The first-order valence-corrected chi connectivity index (χ1v) is 11.4. The molecule has 0 aliphatic carbocycles. The molecule has 1 atom stereocenters. The van der Waals surface area contributed by atoms with Crippen LogP contribution in [0.1, 0.15) is 21.6 Å². The molecule has 1 aromatic heterocycles. The molecule has 0 spiro atoms. The summed E-state index contributed by atoms with van der Waals surface area (Å²) in [7, 11) is 1.63. The highest BCUT2D eigenvalue weighted by molar-refractivity contribution is 5.95. The Hall–Kier alpha value is -3.71. The van der Waals surface area contributed by atoms with Gasteiger partial charge in [0.05, 0.1) is 19.8 Å². The Kier molecular flexibility index (Phi) is 7.88. The molecule has 1 aliphatic rings. The van der Waals surface area contributed by atoms with Crippen molar-refractivity contribution in [2.75, 3.05) is 33.3 Å². The van der Waals surface area contributed by atoms with Gasteiger partial charge in [-0.2, -0.15) is 0 Å². The number of hydrogen-bond acceptors (Lipinski definition) is 5. The third kappa shape index (κ3) is 6.20. The van der Waals surface area contributed by atoms with Crippen molar-refractivity contribution in [3.05, 3.63) is 95.8 Å². The summed E-state index contributed by atoms with van der Waals surface area (Å²) in [5, 5.41) is 0. The normalized spacial score (nSPS) is 16.3. The summed E-state index contributed by atoms with van der Waals surface area (Å²) in [4.78, 5) is 33.7. The van der Waals surface area contributed by atoms with Gasteiger partial charge in [0.2, 0.25) is 5.91 Å². The summed E-state index contributed by atoms with van der Waals surface area (Å²) in [6.45, 7) is 1.65. The van der Waals surface area contributed by atoms with Crippen LogP contribution in [0.4, 0.5) is 0 Å². The number of methoxy groups -OCH3 is 1. The predicted octanol–water partition coefficient (Wildman–Crippen LogP) is 3.20. The number of rotatable bonds is 8. The van der Waals surface area contributed by atoms with Crippen LogP contribution in [0.15, 0.2) is 79.0 Å². The number of amides is 2. The fourth-order valence-electron chi connectivity index (χ4n) is 3.99. The zero-order chi connectivity index (χ0) is 23.8. The molecular weight excluding hydrogens is 430 g/mol. The van der Waals surface area contributed by atoms with Gasteiger partial charge >= 0.3 is 0 Å². The molecule has 1 saturated heterocycles. The van der Waals surface area contributed by atoms with Gasteiger partial charge in [0.15, 0.2) is 0 Å². The lowest BCUT2D eigenvalue weighted by Gasteiger charge is -2.25. The number of carbonyl (C=O) groups excluding carboxylic acids is 2. The van der Waals surface area contributed by atoms with E-state index in [1.165, 1.54) is 0 Å². The summed E-state index contributed by atoms with van der Waals surface area (Å²) < 4.78 is 11.5. The molecule has 3 aromatic rings. The van der Waals surface area contributed by atoms with Crippen LogP contribution >= 0.6 is 0 Å². The lowest BCUT2D eigenvalue weighted by molar-refractivity contribution is -0.131. The maximum absolute atomic E-state index is 13.1. The van der Waals surface area contributed by atoms with Crippen molar-refractivity contribution in [3.63, 3.8) is 0 Å². The Balaban J connectivity index is 1.49. The maximum Gasteiger partial charge on any atom is 0.273 e. The standard InChI is InChI=1S/C27H29N3O4/c1-33-23-11-7-10-22(16-23)20-34-24-17-29(15-13-21-8-3-2-4-9-21)26(31)19-30(18-24)27(32)25-12-5-6-14-28-25/h2-12,14,16,24H,13,15,17-20H2,1H3/t24-/m0/s1. The minimum Gasteiger partial charge on any atom is -0.497 e. The van der Waals surface area contributed by atoms with Crippen molar-refractivity contribution in [3.8, 4) is 5.75 Å². The van der Waals surface area contributed by atoms with E-state index < -0.39 is 0 Å². The fraction of sp³-hybridized carbons (Fsp3) is 0.296. The average molecular weight is 460 g/mol. The number of aromatic nitrogens is 1. The monoisotopic (exact) mass is 459 g/mol. The van der Waals surface area contributed by atoms with Crippen molar-refractivity contribution in [1.82, 2.24) is 14.8 Å². The minimum absolute atomic E-state index is 0.00319. The number of benzene rings is 2. The summed E-state index contributed by atoms with van der Waals surface area (Å²) in [5.41, 5.74) is 2.45. The first kappa shape index (κ1) is 23.4. The second-order valence-electron chi connectivity index (χ2n) is 8.26. The van der Waals surface area contributed by atoms with Crippen LogP contribution < -0.4 is 4.74 Å². The van der Waals surface area contributed by atoms with E-state index in [9.17, 15) is 9.59 Å². The SMILES string of the molecule is COc1cccc(CO[C@H]2CN(CCc3ccccc3)C(=O)CN(C(=O)c3ccccn3)C2)c1. The van der Waals surface area contributed by atoms with Crippen molar-refractivity contribution in [1.29, 1.82) is 0 Å². The third-order valence-electron chi connectivity index (χ3n) is 5.83. The van der Waals surface area contributed by atoms with E-state index in [0.29, 0.717) is 31.9 Å². The summed E-state index contributed by atoms with van der Waals surface area (Å²) in [5.74, 6) is 0.398. The third-order valence-corrected chi connectivity index (χ3v) is 5.83. The van der Waals surface area contributed by atoms with E-state index in [0.717, 1.165) is 23.3 Å². The second kappa shape index (κ2) is 11.4. The Morgan fingerprint density at radius 2 is 1.79 bits per heavy atom. The molecular formula is C27H29N3O4. The first-order valence-electron chi connectivity index (χ1n) is 11.4. The molecule has 1 aliphatic heterocycles. The van der Waals surface area contributed by atoms with E-state index in [2.05, 4.69) is 17.1 Å². The molecule has 0 N–H and O–H groups in total. The second-order valence-corrected chi connectivity index (χ2v) is 8.26. The molecule has 2 aromatic carbocycles. The van der Waals surface area contributed by atoms with Crippen molar-refractivity contribution in [2.45, 2.75) is 19.1 Å². The van der Waals surface area contributed by atoms with Crippen molar-refractivity contribution < 1.29 is 19.1 Å². The Bertz CT molecular complexity index is 1090. The molecule has 1 fully saturated rings. The molecule has 7 heteroatoms. The first-order chi connectivity index (χ1) is 16.6. The molecule has 2 heterocycles. The number of ether oxygens (including phenoxy) is 2. The number of hydrogen-bond donors (Lipinski definition) is 0. The maximum atomic E-state index is 13.1. The number of pyridine rings is 1. The molecule has 4 rings (SSSR count). The lowest BCUT2D eigenvalue weighted by atomic mass is 10.1. The minimum atomic E-state index is -0.332. The quantitative estimate of drug-likeness (QED) is 0.517. The largest absolute Gasteiger partial charge is 0.497 e. The molecule has 0 bridgehead atoms. The number of nitrogens with zero attached hydrogens (tertiary/aromatic N) is 3. The van der Waals surface area contributed by atoms with Gasteiger partial charge in [-0.1, -0.05) is 48.5 Å². The smallest absolute Gasteiger partial charge is 0.273 e. The van der Waals surface area contributed by atoms with Gasteiger partial charge < -0.3 is 19.3 Å². The van der Waals surface area contributed by atoms with Gasteiger partial charge in [0.25, 0.3) is 5.91 Å². The van der Waals surface area contributed by atoms with E-state index in [-0.39, 0.29) is 24.5 Å². The van der Waals surface area contributed by atoms with E-state index in [1.54, 1.807) is 41.3 Å². The highest BCUT2D eigenvalue weighted by Gasteiger charge is 2.31.